The van der Waals surface area contributed by atoms with Crippen LogP contribution in [0.25, 0.3) is 0 Å². The van der Waals surface area contributed by atoms with E-state index in [1.54, 1.807) is 0 Å². The van der Waals surface area contributed by atoms with Gasteiger partial charge in [0.1, 0.15) is 11.9 Å². The average molecular weight is 331 g/mol. The summed E-state index contributed by atoms with van der Waals surface area (Å²) >= 11 is 1.50. The molecule has 1 atom stereocenters. The number of pyridine rings is 1. The lowest BCUT2D eigenvalue weighted by Crippen LogP contribution is -2.42. The number of ether oxygens (including phenoxy) is 1. The molecule has 23 heavy (non-hydrogen) atoms. The molecule has 0 aromatic carbocycles. The third-order valence-corrected chi connectivity index (χ3v) is 4.96. The quantitative estimate of drug-likeness (QED) is 0.867. The van der Waals surface area contributed by atoms with Crippen LogP contribution in [0.1, 0.15) is 27.0 Å². The third-order valence-electron chi connectivity index (χ3n) is 3.95. The van der Waals surface area contributed by atoms with Gasteiger partial charge in [0.2, 0.25) is 0 Å². The summed E-state index contributed by atoms with van der Waals surface area (Å²) in [6.07, 6.45) is -0.173. The molecule has 1 saturated heterocycles. The van der Waals surface area contributed by atoms with Crippen molar-refractivity contribution in [1.29, 1.82) is 0 Å². The molecule has 0 bridgehead atoms. The Morgan fingerprint density at radius 1 is 1.39 bits per heavy atom. The van der Waals surface area contributed by atoms with Crippen LogP contribution in [0, 0.1) is 6.92 Å². The maximum Gasteiger partial charge on any atom is 0.264 e. The number of rotatable bonds is 3. The minimum Gasteiger partial charge on any atom is -0.368 e. The Balaban J connectivity index is 1.77. The number of amides is 1. The lowest BCUT2D eigenvalue weighted by atomic mass is 10.1. The number of carbonyl (C=O) groups excluding carboxylic acids is 1. The van der Waals surface area contributed by atoms with Crippen LogP contribution in [0.2, 0.25) is 0 Å². The highest BCUT2D eigenvalue weighted by molar-refractivity contribution is 7.12. The number of morpholine rings is 1. The van der Waals surface area contributed by atoms with Crippen LogP contribution in [0.4, 0.5) is 5.82 Å². The molecule has 5 nitrogen and oxygen atoms in total. The molecule has 2 aromatic heterocycles. The Bertz CT molecular complexity index is 699. The van der Waals surface area contributed by atoms with Crippen LogP contribution >= 0.6 is 11.3 Å². The number of nitrogens with zero attached hydrogens (tertiary/aromatic N) is 3. The molecule has 1 aliphatic heterocycles. The molecule has 0 spiro atoms. The maximum atomic E-state index is 12.7. The summed E-state index contributed by atoms with van der Waals surface area (Å²) in [4.78, 5) is 22.0. The highest BCUT2D eigenvalue weighted by Crippen LogP contribution is 2.25. The Morgan fingerprint density at radius 3 is 2.91 bits per heavy atom. The molecule has 0 radical (unpaired) electrons. The Hall–Kier alpha value is -1.92. The monoisotopic (exact) mass is 331 g/mol. The van der Waals surface area contributed by atoms with Crippen LogP contribution in [0.15, 0.2) is 29.6 Å². The number of aryl methyl sites for hydroxylation is 1. The normalized spacial score (nSPS) is 18.0. The van der Waals surface area contributed by atoms with Gasteiger partial charge < -0.3 is 14.5 Å². The fourth-order valence-electron chi connectivity index (χ4n) is 2.62. The van der Waals surface area contributed by atoms with Gasteiger partial charge in [0.25, 0.3) is 5.91 Å². The van der Waals surface area contributed by atoms with E-state index in [2.05, 4.69) is 4.98 Å². The largest absolute Gasteiger partial charge is 0.368 e. The van der Waals surface area contributed by atoms with Gasteiger partial charge >= 0.3 is 0 Å². The van der Waals surface area contributed by atoms with Gasteiger partial charge in [-0.2, -0.15) is 0 Å². The first kappa shape index (κ1) is 16.0. The van der Waals surface area contributed by atoms with E-state index in [0.29, 0.717) is 19.7 Å². The number of hydrogen-bond donors (Lipinski definition) is 0. The summed E-state index contributed by atoms with van der Waals surface area (Å²) in [6.45, 7) is 3.68. The molecule has 0 N–H and O–H groups in total. The molecule has 3 rings (SSSR count). The lowest BCUT2D eigenvalue weighted by Gasteiger charge is -2.32. The first-order valence-corrected chi connectivity index (χ1v) is 8.53. The highest BCUT2D eigenvalue weighted by Gasteiger charge is 2.28. The fraction of sp³-hybridized carbons (Fsp3) is 0.412. The second-order valence-corrected chi connectivity index (χ2v) is 6.77. The molecule has 0 aliphatic carbocycles. The number of carbonyl (C=O) groups is 1. The Kier molecular flexibility index (Phi) is 4.63. The van der Waals surface area contributed by atoms with Gasteiger partial charge in [-0.05, 0) is 36.1 Å². The van der Waals surface area contributed by atoms with Crippen molar-refractivity contribution in [3.63, 3.8) is 0 Å². The topological polar surface area (TPSA) is 45.7 Å². The second kappa shape index (κ2) is 6.68. The standard InChI is InChI=1S/C17H21N3O2S/c1-12-7-10-23-16(12)17(21)20-8-9-22-14(11-20)13-5-4-6-15(18-13)19(2)3/h4-7,10,14H,8-9,11H2,1-3H3/t14-/m1/s1. The van der Waals surface area contributed by atoms with E-state index in [-0.39, 0.29) is 12.0 Å². The number of hydrogen-bond acceptors (Lipinski definition) is 5. The van der Waals surface area contributed by atoms with Crippen molar-refractivity contribution in [3.8, 4) is 0 Å². The maximum absolute atomic E-state index is 12.7. The van der Waals surface area contributed by atoms with Crippen molar-refractivity contribution in [2.75, 3.05) is 38.7 Å². The first-order valence-electron chi connectivity index (χ1n) is 7.65. The number of anilines is 1. The van der Waals surface area contributed by atoms with E-state index in [9.17, 15) is 4.79 Å². The van der Waals surface area contributed by atoms with Crippen LogP contribution in [-0.4, -0.2) is 49.6 Å². The molecule has 1 fully saturated rings. The van der Waals surface area contributed by atoms with Gasteiger partial charge in [-0.1, -0.05) is 6.07 Å². The molecule has 0 unspecified atom stereocenters. The molecule has 3 heterocycles. The SMILES string of the molecule is Cc1ccsc1C(=O)N1CCO[C@@H](c2cccc(N(C)C)n2)C1. The summed E-state index contributed by atoms with van der Waals surface area (Å²) in [5, 5.41) is 1.96. The van der Waals surface area contributed by atoms with Gasteiger partial charge in [-0.15, -0.1) is 11.3 Å². The minimum absolute atomic E-state index is 0.0922. The van der Waals surface area contributed by atoms with Crippen molar-refractivity contribution in [2.45, 2.75) is 13.0 Å². The summed E-state index contributed by atoms with van der Waals surface area (Å²) in [5.41, 5.74) is 1.91. The summed E-state index contributed by atoms with van der Waals surface area (Å²) < 4.78 is 5.86. The van der Waals surface area contributed by atoms with E-state index < -0.39 is 0 Å². The third kappa shape index (κ3) is 3.38. The zero-order valence-electron chi connectivity index (χ0n) is 13.7. The number of aromatic nitrogens is 1. The highest BCUT2D eigenvalue weighted by atomic mass is 32.1. The van der Waals surface area contributed by atoms with Crippen LogP contribution in [0.5, 0.6) is 0 Å². The molecule has 1 amide bonds. The zero-order valence-corrected chi connectivity index (χ0v) is 14.5. The number of thiophene rings is 1. The fourth-order valence-corrected chi connectivity index (χ4v) is 3.51. The van der Waals surface area contributed by atoms with E-state index in [0.717, 1.165) is 22.0 Å². The van der Waals surface area contributed by atoms with Gasteiger partial charge in [-0.25, -0.2) is 4.98 Å². The predicted molar refractivity (Wildman–Crippen MR) is 92.2 cm³/mol. The molecular formula is C17H21N3O2S. The van der Waals surface area contributed by atoms with Crippen molar-refractivity contribution < 1.29 is 9.53 Å². The van der Waals surface area contributed by atoms with Crippen molar-refractivity contribution in [1.82, 2.24) is 9.88 Å². The van der Waals surface area contributed by atoms with E-state index in [4.69, 9.17) is 4.74 Å². The summed E-state index contributed by atoms with van der Waals surface area (Å²) in [7, 11) is 3.92. The molecule has 122 valence electrons. The van der Waals surface area contributed by atoms with E-state index in [1.807, 2.05) is 60.5 Å². The molecule has 1 aliphatic rings. The Morgan fingerprint density at radius 2 is 2.22 bits per heavy atom. The minimum atomic E-state index is -0.173. The average Bonchev–Trinajstić information content (AvgIpc) is 3.00. The van der Waals surface area contributed by atoms with E-state index in [1.165, 1.54) is 11.3 Å². The smallest absolute Gasteiger partial charge is 0.264 e. The summed E-state index contributed by atoms with van der Waals surface area (Å²) in [5.74, 6) is 0.984. The molecule has 0 saturated carbocycles. The predicted octanol–water partition coefficient (Wildman–Crippen LogP) is 2.73. The van der Waals surface area contributed by atoms with Crippen molar-refractivity contribution >= 4 is 23.1 Å². The van der Waals surface area contributed by atoms with Gasteiger partial charge in [0.05, 0.1) is 23.7 Å². The zero-order chi connectivity index (χ0) is 16.4. The molecule has 2 aromatic rings. The molecular weight excluding hydrogens is 310 g/mol. The van der Waals surface area contributed by atoms with Gasteiger partial charge in [0, 0.05) is 20.6 Å². The summed E-state index contributed by atoms with van der Waals surface area (Å²) in [6, 6.07) is 7.88. The lowest BCUT2D eigenvalue weighted by molar-refractivity contribution is -0.0245. The van der Waals surface area contributed by atoms with Gasteiger partial charge in [-0.3, -0.25) is 4.79 Å². The van der Waals surface area contributed by atoms with Crippen LogP contribution < -0.4 is 4.90 Å². The second-order valence-electron chi connectivity index (χ2n) is 5.86. The first-order chi connectivity index (χ1) is 11.1. The van der Waals surface area contributed by atoms with Gasteiger partial charge in [0.15, 0.2) is 0 Å². The van der Waals surface area contributed by atoms with Crippen LogP contribution in [0.3, 0.4) is 0 Å². The van der Waals surface area contributed by atoms with Crippen LogP contribution in [-0.2, 0) is 4.74 Å². The Labute approximate surface area is 140 Å². The molecule has 6 heteroatoms. The van der Waals surface area contributed by atoms with Crippen molar-refractivity contribution in [2.24, 2.45) is 0 Å². The van der Waals surface area contributed by atoms with E-state index >= 15 is 0 Å². The van der Waals surface area contributed by atoms with Crippen molar-refractivity contribution in [3.05, 3.63) is 45.8 Å².